The summed E-state index contributed by atoms with van der Waals surface area (Å²) in [6.45, 7) is 4.76. The Morgan fingerprint density at radius 3 is 2.57 bits per heavy atom. The number of alkyl halides is 1. The molecule has 2 aromatic carbocycles. The summed E-state index contributed by atoms with van der Waals surface area (Å²) >= 11 is 0. The van der Waals surface area contributed by atoms with E-state index in [1.165, 1.54) is 20.0 Å². The maximum absolute atomic E-state index is 15.7. The zero-order chi connectivity index (χ0) is 26.3. The molecule has 3 heterocycles. The van der Waals surface area contributed by atoms with Gasteiger partial charge in [-0.05, 0) is 56.5 Å². The lowest BCUT2D eigenvalue weighted by Gasteiger charge is -2.43. The van der Waals surface area contributed by atoms with Crippen LogP contribution in [0.5, 0.6) is 5.75 Å². The number of benzene rings is 2. The minimum Gasteiger partial charge on any atom is -0.487 e. The minimum absolute atomic E-state index is 0.0115. The predicted octanol–water partition coefficient (Wildman–Crippen LogP) is 6.00. The second-order valence-electron chi connectivity index (χ2n) is 10.3. The number of rotatable bonds is 7. The number of halogens is 3. The molecule has 0 unspecified atom stereocenters. The average Bonchev–Trinajstić information content (AvgIpc) is 3.21. The van der Waals surface area contributed by atoms with Gasteiger partial charge in [0.2, 0.25) is 0 Å². The lowest BCUT2D eigenvalue weighted by Crippen LogP contribution is -2.48. The predicted molar refractivity (Wildman–Crippen MR) is 136 cm³/mol. The number of para-hydroxylation sites is 1. The SMILES string of the molecule is C[C@@H]1Cc2c([nH]c3ccccc23)[C@@H](c2c(F)cc(OCc3cc(CO)ccn3)cc2F)N1CC(C)(C)F. The summed E-state index contributed by atoms with van der Waals surface area (Å²) in [5, 5.41) is 10.3. The average molecular weight is 510 g/mol. The van der Waals surface area contributed by atoms with E-state index < -0.39 is 23.3 Å². The van der Waals surface area contributed by atoms with Crippen molar-refractivity contribution in [2.75, 3.05) is 6.54 Å². The van der Waals surface area contributed by atoms with Gasteiger partial charge in [-0.25, -0.2) is 13.2 Å². The van der Waals surface area contributed by atoms with Crippen molar-refractivity contribution in [3.63, 3.8) is 0 Å². The van der Waals surface area contributed by atoms with Crippen LogP contribution in [0.25, 0.3) is 10.9 Å². The molecule has 0 amide bonds. The molecule has 0 bridgehead atoms. The van der Waals surface area contributed by atoms with E-state index in [0.717, 1.165) is 28.6 Å². The van der Waals surface area contributed by atoms with E-state index in [1.807, 2.05) is 36.1 Å². The third kappa shape index (κ3) is 5.08. The zero-order valence-corrected chi connectivity index (χ0v) is 21.1. The molecule has 4 aromatic rings. The quantitative estimate of drug-likeness (QED) is 0.321. The third-order valence-electron chi connectivity index (χ3n) is 6.85. The molecule has 0 saturated heterocycles. The van der Waals surface area contributed by atoms with Crippen LogP contribution in [0.4, 0.5) is 13.2 Å². The number of aliphatic hydroxyl groups excluding tert-OH is 1. The Labute approximate surface area is 213 Å². The lowest BCUT2D eigenvalue weighted by atomic mass is 9.87. The van der Waals surface area contributed by atoms with Gasteiger partial charge in [0.1, 0.15) is 29.7 Å². The molecule has 5 rings (SSSR count). The summed E-state index contributed by atoms with van der Waals surface area (Å²) in [5.74, 6) is -1.51. The molecule has 1 aliphatic heterocycles. The molecule has 2 N–H and O–H groups in total. The van der Waals surface area contributed by atoms with E-state index in [9.17, 15) is 9.50 Å². The number of hydrogen-bond donors (Lipinski definition) is 2. The fourth-order valence-electron chi connectivity index (χ4n) is 5.27. The van der Waals surface area contributed by atoms with Crippen molar-refractivity contribution in [3.8, 4) is 5.75 Å². The van der Waals surface area contributed by atoms with Gasteiger partial charge in [0, 0.05) is 53.1 Å². The number of aromatic nitrogens is 2. The maximum atomic E-state index is 15.7. The van der Waals surface area contributed by atoms with Gasteiger partial charge in [0.25, 0.3) is 0 Å². The van der Waals surface area contributed by atoms with Crippen molar-refractivity contribution in [2.45, 2.75) is 58.2 Å². The first kappa shape index (κ1) is 25.3. The molecular formula is C29H30F3N3O2. The fraction of sp³-hybridized carbons (Fsp3) is 0.345. The second kappa shape index (κ2) is 9.84. The van der Waals surface area contributed by atoms with E-state index in [2.05, 4.69) is 9.97 Å². The van der Waals surface area contributed by atoms with Crippen LogP contribution in [-0.4, -0.2) is 38.2 Å². The number of H-pyrrole nitrogens is 1. The maximum Gasteiger partial charge on any atom is 0.135 e. The highest BCUT2D eigenvalue weighted by atomic mass is 19.1. The number of hydrogen-bond acceptors (Lipinski definition) is 4. The summed E-state index contributed by atoms with van der Waals surface area (Å²) in [7, 11) is 0. The van der Waals surface area contributed by atoms with Crippen LogP contribution in [0.2, 0.25) is 0 Å². The molecule has 0 radical (unpaired) electrons. The van der Waals surface area contributed by atoms with Crippen LogP contribution in [0, 0.1) is 11.6 Å². The molecule has 1 aliphatic rings. The van der Waals surface area contributed by atoms with Crippen LogP contribution in [-0.2, 0) is 19.6 Å². The highest BCUT2D eigenvalue weighted by molar-refractivity contribution is 5.85. The second-order valence-corrected chi connectivity index (χ2v) is 10.3. The summed E-state index contributed by atoms with van der Waals surface area (Å²) < 4.78 is 52.0. The molecule has 0 fully saturated rings. The Hall–Kier alpha value is -3.36. The molecule has 0 saturated carbocycles. The van der Waals surface area contributed by atoms with Gasteiger partial charge in [-0.1, -0.05) is 18.2 Å². The normalized spacial score (nSPS) is 18.2. The Bertz CT molecular complexity index is 1410. The first-order valence-corrected chi connectivity index (χ1v) is 12.3. The number of nitrogens with zero attached hydrogens (tertiary/aromatic N) is 2. The van der Waals surface area contributed by atoms with Gasteiger partial charge in [0.05, 0.1) is 18.3 Å². The fourth-order valence-corrected chi connectivity index (χ4v) is 5.27. The van der Waals surface area contributed by atoms with Gasteiger partial charge < -0.3 is 14.8 Å². The molecule has 37 heavy (non-hydrogen) atoms. The number of aromatic amines is 1. The van der Waals surface area contributed by atoms with Gasteiger partial charge in [0.15, 0.2) is 0 Å². The Morgan fingerprint density at radius 2 is 1.86 bits per heavy atom. The van der Waals surface area contributed by atoms with E-state index in [0.29, 0.717) is 23.4 Å². The summed E-state index contributed by atoms with van der Waals surface area (Å²) in [5.41, 5.74) is 2.03. The standard InChI is InChI=1S/C29H30F3N3O2/c1-17-10-22-21-6-4-5-7-25(21)34-27(22)28(35(17)16-29(2,3)32)26-23(30)12-20(13-24(26)31)37-15-19-11-18(14-36)8-9-33-19/h4-9,11-13,17,28,34,36H,10,14-16H2,1-3H3/t17-,28-/m1/s1. The Balaban J connectivity index is 1.54. The van der Waals surface area contributed by atoms with Gasteiger partial charge >= 0.3 is 0 Å². The van der Waals surface area contributed by atoms with Crippen LogP contribution in [0.3, 0.4) is 0 Å². The number of aliphatic hydroxyl groups is 1. The molecule has 2 aromatic heterocycles. The van der Waals surface area contributed by atoms with E-state index >= 15 is 8.78 Å². The van der Waals surface area contributed by atoms with Crippen molar-refractivity contribution in [1.82, 2.24) is 14.9 Å². The lowest BCUT2D eigenvalue weighted by molar-refractivity contribution is 0.0642. The highest BCUT2D eigenvalue weighted by Crippen LogP contribution is 2.43. The summed E-state index contributed by atoms with van der Waals surface area (Å²) in [6.07, 6.45) is 2.17. The molecule has 194 valence electrons. The van der Waals surface area contributed by atoms with Crippen molar-refractivity contribution >= 4 is 10.9 Å². The summed E-state index contributed by atoms with van der Waals surface area (Å²) in [6, 6.07) is 12.4. The number of pyridine rings is 1. The third-order valence-corrected chi connectivity index (χ3v) is 6.85. The molecule has 0 spiro atoms. The van der Waals surface area contributed by atoms with Crippen LogP contribution in [0.1, 0.15) is 54.9 Å². The molecular weight excluding hydrogens is 479 g/mol. The van der Waals surface area contributed by atoms with Gasteiger partial charge in [-0.15, -0.1) is 0 Å². The van der Waals surface area contributed by atoms with E-state index in [1.54, 1.807) is 12.1 Å². The smallest absolute Gasteiger partial charge is 0.135 e. The van der Waals surface area contributed by atoms with E-state index in [-0.39, 0.29) is 37.1 Å². The van der Waals surface area contributed by atoms with Crippen LogP contribution < -0.4 is 4.74 Å². The van der Waals surface area contributed by atoms with Crippen LogP contribution in [0.15, 0.2) is 54.7 Å². The van der Waals surface area contributed by atoms with Gasteiger partial charge in [-0.2, -0.15) is 0 Å². The highest BCUT2D eigenvalue weighted by Gasteiger charge is 2.41. The summed E-state index contributed by atoms with van der Waals surface area (Å²) in [4.78, 5) is 9.37. The molecule has 2 atom stereocenters. The number of fused-ring (bicyclic) bond motifs is 3. The monoisotopic (exact) mass is 509 g/mol. The number of nitrogens with one attached hydrogen (secondary N) is 1. The molecule has 0 aliphatic carbocycles. The largest absolute Gasteiger partial charge is 0.487 e. The van der Waals surface area contributed by atoms with Crippen molar-refractivity contribution < 1.29 is 23.0 Å². The van der Waals surface area contributed by atoms with Crippen molar-refractivity contribution in [3.05, 3.63) is 94.4 Å². The van der Waals surface area contributed by atoms with Crippen molar-refractivity contribution in [2.24, 2.45) is 0 Å². The number of ether oxygens (including phenoxy) is 1. The topological polar surface area (TPSA) is 61.4 Å². The Kier molecular flexibility index (Phi) is 6.72. The Morgan fingerprint density at radius 1 is 1.14 bits per heavy atom. The van der Waals surface area contributed by atoms with Crippen molar-refractivity contribution in [1.29, 1.82) is 0 Å². The first-order valence-electron chi connectivity index (χ1n) is 12.3. The zero-order valence-electron chi connectivity index (χ0n) is 21.1. The molecule has 8 heteroatoms. The van der Waals surface area contributed by atoms with Crippen LogP contribution >= 0.6 is 0 Å². The van der Waals surface area contributed by atoms with Gasteiger partial charge in [-0.3, -0.25) is 9.88 Å². The minimum atomic E-state index is -1.57. The van der Waals surface area contributed by atoms with E-state index in [4.69, 9.17) is 4.74 Å². The molecule has 5 nitrogen and oxygen atoms in total. The first-order chi connectivity index (χ1) is 17.6.